The van der Waals surface area contributed by atoms with Gasteiger partial charge in [0.25, 0.3) is 15.8 Å². The molecule has 9 heteroatoms. The van der Waals surface area contributed by atoms with Crippen molar-refractivity contribution in [3.63, 3.8) is 0 Å². The number of rotatable bonds is 3. The second-order valence-corrected chi connectivity index (χ2v) is 3.89. The molecule has 0 saturated heterocycles. The Labute approximate surface area is 83.9 Å². The molecule has 1 aromatic rings. The maximum Gasteiger partial charge on any atom is 0.297 e. The molecule has 0 aromatic heterocycles. The number of benzene rings is 1. The molecule has 0 fully saturated rings. The summed E-state index contributed by atoms with van der Waals surface area (Å²) in [4.78, 5) is 8.76. The van der Waals surface area contributed by atoms with Gasteiger partial charge in [0.15, 0.2) is 0 Å². The SMILES string of the molecule is N=Nc1ccc([N+](=O)[O-])cc1S(=O)(=O)O. The summed E-state index contributed by atoms with van der Waals surface area (Å²) < 4.78 is 30.3. The van der Waals surface area contributed by atoms with Crippen molar-refractivity contribution in [1.29, 1.82) is 5.53 Å². The summed E-state index contributed by atoms with van der Waals surface area (Å²) in [5.41, 5.74) is 5.76. The second kappa shape index (κ2) is 3.71. The summed E-state index contributed by atoms with van der Waals surface area (Å²) in [6, 6.07) is 2.60. The average Bonchev–Trinajstić information content (AvgIpc) is 2.15. The molecule has 0 aliphatic heterocycles. The smallest absolute Gasteiger partial charge is 0.282 e. The normalized spacial score (nSPS) is 11.0. The predicted octanol–water partition coefficient (Wildman–Crippen LogP) is 1.50. The van der Waals surface area contributed by atoms with Gasteiger partial charge >= 0.3 is 0 Å². The monoisotopic (exact) mass is 231 g/mol. The molecule has 0 aliphatic carbocycles. The van der Waals surface area contributed by atoms with E-state index in [1.54, 1.807) is 0 Å². The van der Waals surface area contributed by atoms with Crippen LogP contribution in [0.15, 0.2) is 28.2 Å². The lowest BCUT2D eigenvalue weighted by Crippen LogP contribution is -1.99. The first-order valence-corrected chi connectivity index (χ1v) is 4.93. The minimum atomic E-state index is -4.62. The second-order valence-electron chi connectivity index (χ2n) is 2.50. The lowest BCUT2D eigenvalue weighted by molar-refractivity contribution is -0.385. The molecule has 0 atom stereocenters. The zero-order chi connectivity index (χ0) is 11.6. The maximum atomic E-state index is 10.8. The van der Waals surface area contributed by atoms with Crippen LogP contribution in [-0.2, 0) is 10.1 Å². The quantitative estimate of drug-likeness (QED) is 0.352. The van der Waals surface area contributed by atoms with Crippen LogP contribution in [-0.4, -0.2) is 17.9 Å². The molecule has 0 heterocycles. The first-order chi connectivity index (χ1) is 6.86. The number of nitro groups is 1. The van der Waals surface area contributed by atoms with Crippen molar-refractivity contribution in [3.05, 3.63) is 28.3 Å². The minimum Gasteiger partial charge on any atom is -0.282 e. The molecule has 0 radical (unpaired) electrons. The number of nitro benzene ring substituents is 1. The largest absolute Gasteiger partial charge is 0.297 e. The van der Waals surface area contributed by atoms with Crippen molar-refractivity contribution in [2.45, 2.75) is 4.90 Å². The molecule has 1 rings (SSSR count). The third-order valence-corrected chi connectivity index (χ3v) is 2.44. The van der Waals surface area contributed by atoms with E-state index in [1.807, 2.05) is 0 Å². The van der Waals surface area contributed by atoms with Crippen LogP contribution in [0, 0.1) is 15.6 Å². The lowest BCUT2D eigenvalue weighted by Gasteiger charge is -2.00. The van der Waals surface area contributed by atoms with Gasteiger partial charge in [0.1, 0.15) is 10.6 Å². The molecule has 0 aliphatic rings. The van der Waals surface area contributed by atoms with Crippen LogP contribution < -0.4 is 0 Å². The Bertz CT molecular complexity index is 524. The Morgan fingerprint density at radius 2 is 2.07 bits per heavy atom. The molecular formula is C6H5N3O5S. The van der Waals surface area contributed by atoms with Gasteiger partial charge in [-0.05, 0) is 6.07 Å². The third kappa shape index (κ3) is 2.33. The highest BCUT2D eigenvalue weighted by Crippen LogP contribution is 2.27. The summed E-state index contributed by atoms with van der Waals surface area (Å²) in [6.45, 7) is 0. The van der Waals surface area contributed by atoms with E-state index in [0.29, 0.717) is 6.07 Å². The van der Waals surface area contributed by atoms with Gasteiger partial charge in [-0.1, -0.05) is 0 Å². The topological polar surface area (TPSA) is 134 Å². The van der Waals surface area contributed by atoms with E-state index in [2.05, 4.69) is 5.11 Å². The first-order valence-electron chi connectivity index (χ1n) is 3.49. The van der Waals surface area contributed by atoms with Crippen LogP contribution in [0.3, 0.4) is 0 Å². The number of hydrogen-bond acceptors (Lipinski definition) is 6. The molecule has 15 heavy (non-hydrogen) atoms. The van der Waals surface area contributed by atoms with Gasteiger partial charge in [-0.2, -0.15) is 13.5 Å². The van der Waals surface area contributed by atoms with Crippen molar-refractivity contribution in [1.82, 2.24) is 0 Å². The van der Waals surface area contributed by atoms with Crippen LogP contribution in [0.25, 0.3) is 0 Å². The first kappa shape index (κ1) is 11.2. The van der Waals surface area contributed by atoms with Gasteiger partial charge in [0, 0.05) is 12.1 Å². The highest BCUT2D eigenvalue weighted by molar-refractivity contribution is 7.86. The molecule has 0 bridgehead atoms. The van der Waals surface area contributed by atoms with E-state index in [1.165, 1.54) is 0 Å². The Hall–Kier alpha value is -1.87. The van der Waals surface area contributed by atoms with Crippen LogP contribution >= 0.6 is 0 Å². The molecule has 0 unspecified atom stereocenters. The Balaban J connectivity index is 3.52. The lowest BCUT2D eigenvalue weighted by atomic mass is 10.3. The Morgan fingerprint density at radius 1 is 1.47 bits per heavy atom. The van der Waals surface area contributed by atoms with Gasteiger partial charge < -0.3 is 0 Å². The summed E-state index contributed by atoms with van der Waals surface area (Å²) in [7, 11) is -4.62. The van der Waals surface area contributed by atoms with Gasteiger partial charge in [-0.3, -0.25) is 14.7 Å². The van der Waals surface area contributed by atoms with Crippen molar-refractivity contribution >= 4 is 21.5 Å². The minimum absolute atomic E-state index is 0.358. The molecule has 0 spiro atoms. The summed E-state index contributed by atoms with van der Waals surface area (Å²) in [5.74, 6) is 0. The van der Waals surface area contributed by atoms with Gasteiger partial charge in [0.2, 0.25) is 0 Å². The van der Waals surface area contributed by atoms with Gasteiger partial charge in [0.05, 0.1) is 4.92 Å². The number of non-ortho nitro benzene ring substituents is 1. The Morgan fingerprint density at radius 3 is 2.47 bits per heavy atom. The fourth-order valence-electron chi connectivity index (χ4n) is 0.915. The number of hydrogen-bond donors (Lipinski definition) is 2. The van der Waals surface area contributed by atoms with Crippen molar-refractivity contribution in [2.75, 3.05) is 0 Å². The Kier molecular flexibility index (Phi) is 2.77. The molecule has 80 valence electrons. The maximum absolute atomic E-state index is 10.8. The van der Waals surface area contributed by atoms with E-state index in [-0.39, 0.29) is 5.69 Å². The molecule has 1 aromatic carbocycles. The molecular weight excluding hydrogens is 226 g/mol. The zero-order valence-corrected chi connectivity index (χ0v) is 7.93. The molecule has 0 amide bonds. The molecule has 0 saturated carbocycles. The fourth-order valence-corrected chi connectivity index (χ4v) is 1.56. The number of nitrogens with one attached hydrogen (secondary N) is 1. The van der Waals surface area contributed by atoms with E-state index in [9.17, 15) is 18.5 Å². The third-order valence-electron chi connectivity index (χ3n) is 1.55. The molecule has 2 N–H and O–H groups in total. The summed E-state index contributed by atoms with van der Waals surface area (Å²) in [6.07, 6.45) is 0. The summed E-state index contributed by atoms with van der Waals surface area (Å²) >= 11 is 0. The highest BCUT2D eigenvalue weighted by Gasteiger charge is 2.19. The fraction of sp³-hybridized carbons (Fsp3) is 0. The van der Waals surface area contributed by atoms with E-state index < -0.39 is 25.6 Å². The van der Waals surface area contributed by atoms with Crippen LogP contribution in [0.1, 0.15) is 0 Å². The standard InChI is InChI=1S/C6H5N3O5S/c7-8-5-2-1-4(9(10)11)3-6(5)15(12,13)14/h1-3,7H,(H,12,13,14). The van der Waals surface area contributed by atoms with E-state index >= 15 is 0 Å². The van der Waals surface area contributed by atoms with Gasteiger partial charge in [-0.25, -0.2) is 5.53 Å². The van der Waals surface area contributed by atoms with E-state index in [4.69, 9.17) is 10.1 Å². The molecule has 8 nitrogen and oxygen atoms in total. The summed E-state index contributed by atoms with van der Waals surface area (Å²) in [5, 5.41) is 13.2. The van der Waals surface area contributed by atoms with Crippen LogP contribution in [0.4, 0.5) is 11.4 Å². The predicted molar refractivity (Wildman–Crippen MR) is 47.7 cm³/mol. The zero-order valence-electron chi connectivity index (χ0n) is 7.11. The number of nitrogens with zero attached hydrogens (tertiary/aromatic N) is 2. The van der Waals surface area contributed by atoms with Crippen molar-refractivity contribution in [2.24, 2.45) is 5.11 Å². The van der Waals surface area contributed by atoms with Crippen molar-refractivity contribution in [3.8, 4) is 0 Å². The van der Waals surface area contributed by atoms with Crippen molar-refractivity contribution < 1.29 is 17.9 Å². The van der Waals surface area contributed by atoms with Crippen LogP contribution in [0.5, 0.6) is 0 Å². The van der Waals surface area contributed by atoms with Gasteiger partial charge in [-0.15, -0.1) is 0 Å². The van der Waals surface area contributed by atoms with Crippen LogP contribution in [0.2, 0.25) is 0 Å². The highest BCUT2D eigenvalue weighted by atomic mass is 32.2. The van der Waals surface area contributed by atoms with E-state index in [0.717, 1.165) is 12.1 Å². The average molecular weight is 231 g/mol.